The predicted octanol–water partition coefficient (Wildman–Crippen LogP) is 4.68. The highest BCUT2D eigenvalue weighted by Gasteiger charge is 2.28. The Morgan fingerprint density at radius 2 is 1.76 bits per heavy atom. The molecule has 2 aromatic carbocycles. The number of amides is 1. The highest BCUT2D eigenvalue weighted by atomic mass is 16.5. The van der Waals surface area contributed by atoms with E-state index in [2.05, 4.69) is 27.8 Å². The number of carbonyl (C=O) groups excluding carboxylic acids is 1. The molecule has 0 N–H and O–H groups in total. The van der Waals surface area contributed by atoms with Crippen molar-refractivity contribution in [3.63, 3.8) is 0 Å². The van der Waals surface area contributed by atoms with E-state index < -0.39 is 0 Å². The van der Waals surface area contributed by atoms with Crippen molar-refractivity contribution in [2.24, 2.45) is 7.05 Å². The summed E-state index contributed by atoms with van der Waals surface area (Å²) < 4.78 is 12.9. The van der Waals surface area contributed by atoms with Crippen LogP contribution in [0.15, 0.2) is 72.9 Å². The molecule has 166 valence electrons. The second kappa shape index (κ2) is 8.47. The molecular weight excluding hydrogens is 414 g/mol. The molecule has 0 saturated heterocycles. The molecule has 2 aromatic heterocycles. The van der Waals surface area contributed by atoms with Crippen LogP contribution in [0.2, 0.25) is 0 Å². The standard InChI is InChI=1S/C27H25N3O3/c1-29-26(19-8-5-4-6-9-19)25(21-10-7-13-28-27(21)29)20-15-24(31)30(17-20)16-18-11-12-22(32-2)23(14-18)33-3/h4-15H,16-17H2,1-3H3. The largest absolute Gasteiger partial charge is 0.493 e. The third-order valence-corrected chi connectivity index (χ3v) is 6.11. The lowest BCUT2D eigenvalue weighted by Crippen LogP contribution is -2.25. The number of aromatic nitrogens is 2. The minimum absolute atomic E-state index is 0.000287. The fourth-order valence-corrected chi connectivity index (χ4v) is 4.57. The average Bonchev–Trinajstić information content (AvgIpc) is 3.36. The number of benzene rings is 2. The third-order valence-electron chi connectivity index (χ3n) is 6.11. The van der Waals surface area contributed by atoms with E-state index in [1.807, 2.05) is 54.4 Å². The van der Waals surface area contributed by atoms with Gasteiger partial charge >= 0.3 is 0 Å². The van der Waals surface area contributed by atoms with Crippen molar-refractivity contribution in [2.75, 3.05) is 20.8 Å². The maximum Gasteiger partial charge on any atom is 0.247 e. The minimum Gasteiger partial charge on any atom is -0.493 e. The summed E-state index contributed by atoms with van der Waals surface area (Å²) >= 11 is 0. The van der Waals surface area contributed by atoms with Crippen molar-refractivity contribution in [1.29, 1.82) is 0 Å². The summed E-state index contributed by atoms with van der Waals surface area (Å²) in [5.74, 6) is 1.32. The number of carbonyl (C=O) groups is 1. The first-order chi connectivity index (χ1) is 16.1. The molecule has 3 heterocycles. The third kappa shape index (κ3) is 3.63. The van der Waals surface area contributed by atoms with Crippen LogP contribution >= 0.6 is 0 Å². The molecular formula is C27H25N3O3. The summed E-state index contributed by atoms with van der Waals surface area (Å²) in [7, 11) is 5.25. The normalized spacial score (nSPS) is 13.5. The van der Waals surface area contributed by atoms with Gasteiger partial charge in [0.1, 0.15) is 5.65 Å². The number of pyridine rings is 1. The molecule has 0 saturated carbocycles. The maximum atomic E-state index is 13.0. The molecule has 1 aliphatic rings. The van der Waals surface area contributed by atoms with E-state index in [1.165, 1.54) is 0 Å². The number of methoxy groups -OCH3 is 2. The van der Waals surface area contributed by atoms with Gasteiger partial charge in [0.25, 0.3) is 0 Å². The molecule has 4 aromatic rings. The van der Waals surface area contributed by atoms with Gasteiger partial charge in [-0.05, 0) is 41.0 Å². The highest BCUT2D eigenvalue weighted by Crippen LogP contribution is 2.39. The first-order valence-corrected chi connectivity index (χ1v) is 10.8. The van der Waals surface area contributed by atoms with Crippen molar-refractivity contribution in [3.05, 3.63) is 84.1 Å². The molecule has 1 aliphatic heterocycles. The summed E-state index contributed by atoms with van der Waals surface area (Å²) in [6, 6.07) is 20.0. The van der Waals surface area contributed by atoms with Crippen LogP contribution in [0.5, 0.6) is 11.5 Å². The van der Waals surface area contributed by atoms with Gasteiger partial charge in [-0.3, -0.25) is 4.79 Å². The maximum absolute atomic E-state index is 13.0. The van der Waals surface area contributed by atoms with E-state index in [1.54, 1.807) is 26.5 Å². The van der Waals surface area contributed by atoms with Crippen LogP contribution < -0.4 is 9.47 Å². The number of rotatable bonds is 6. The van der Waals surface area contributed by atoms with Crippen LogP contribution in [-0.4, -0.2) is 41.1 Å². The van der Waals surface area contributed by atoms with Crippen LogP contribution in [0, 0.1) is 0 Å². The summed E-state index contributed by atoms with van der Waals surface area (Å²) in [4.78, 5) is 19.5. The average molecular weight is 440 g/mol. The van der Waals surface area contributed by atoms with Crippen LogP contribution in [0.25, 0.3) is 27.9 Å². The Kier molecular flexibility index (Phi) is 5.34. The fourth-order valence-electron chi connectivity index (χ4n) is 4.57. The van der Waals surface area contributed by atoms with Gasteiger partial charge < -0.3 is 18.9 Å². The minimum atomic E-state index is -0.000287. The van der Waals surface area contributed by atoms with E-state index in [0.717, 1.165) is 39.0 Å². The number of aryl methyl sites for hydroxylation is 1. The molecule has 0 unspecified atom stereocenters. The first kappa shape index (κ1) is 20.8. The Morgan fingerprint density at radius 1 is 0.970 bits per heavy atom. The molecule has 0 bridgehead atoms. The van der Waals surface area contributed by atoms with Crippen LogP contribution in [-0.2, 0) is 18.4 Å². The topological polar surface area (TPSA) is 56.6 Å². The number of ether oxygens (including phenoxy) is 2. The van der Waals surface area contributed by atoms with Gasteiger partial charge in [0.05, 0.1) is 19.9 Å². The van der Waals surface area contributed by atoms with Gasteiger partial charge in [-0.15, -0.1) is 0 Å². The Morgan fingerprint density at radius 3 is 2.52 bits per heavy atom. The zero-order valence-corrected chi connectivity index (χ0v) is 18.9. The number of hydrogen-bond donors (Lipinski definition) is 0. The number of nitrogens with zero attached hydrogens (tertiary/aromatic N) is 3. The predicted molar refractivity (Wildman–Crippen MR) is 129 cm³/mol. The summed E-state index contributed by atoms with van der Waals surface area (Å²) in [6.07, 6.45) is 3.56. The lowest BCUT2D eigenvalue weighted by atomic mass is 9.99. The summed E-state index contributed by atoms with van der Waals surface area (Å²) in [5.41, 5.74) is 6.11. The lowest BCUT2D eigenvalue weighted by molar-refractivity contribution is -0.125. The number of hydrogen-bond acceptors (Lipinski definition) is 4. The van der Waals surface area contributed by atoms with Crippen LogP contribution in [0.1, 0.15) is 11.1 Å². The fraction of sp³-hybridized carbons (Fsp3) is 0.185. The first-order valence-electron chi connectivity index (χ1n) is 10.8. The van der Waals surface area contributed by atoms with Gasteiger partial charge in [-0.1, -0.05) is 36.4 Å². The zero-order valence-electron chi connectivity index (χ0n) is 18.9. The van der Waals surface area contributed by atoms with Crippen molar-refractivity contribution < 1.29 is 14.3 Å². The van der Waals surface area contributed by atoms with E-state index in [-0.39, 0.29) is 5.91 Å². The molecule has 1 amide bonds. The van der Waals surface area contributed by atoms with Crippen molar-refractivity contribution in [3.8, 4) is 22.8 Å². The smallest absolute Gasteiger partial charge is 0.247 e. The number of fused-ring (bicyclic) bond motifs is 1. The van der Waals surface area contributed by atoms with Crippen molar-refractivity contribution in [1.82, 2.24) is 14.5 Å². The summed E-state index contributed by atoms with van der Waals surface area (Å²) in [6.45, 7) is 1.02. The molecule has 6 heteroatoms. The quantitative estimate of drug-likeness (QED) is 0.438. The molecule has 0 aliphatic carbocycles. The zero-order chi connectivity index (χ0) is 22.9. The van der Waals surface area contributed by atoms with E-state index in [9.17, 15) is 4.79 Å². The molecule has 6 nitrogen and oxygen atoms in total. The van der Waals surface area contributed by atoms with Gasteiger partial charge in [-0.25, -0.2) is 4.98 Å². The Balaban J connectivity index is 1.52. The van der Waals surface area contributed by atoms with Crippen LogP contribution in [0.4, 0.5) is 0 Å². The Labute approximate surface area is 192 Å². The molecule has 0 fully saturated rings. The molecule has 33 heavy (non-hydrogen) atoms. The lowest BCUT2D eigenvalue weighted by Gasteiger charge is -2.18. The van der Waals surface area contributed by atoms with E-state index in [4.69, 9.17) is 9.47 Å². The van der Waals surface area contributed by atoms with Gasteiger partial charge in [-0.2, -0.15) is 0 Å². The second-order valence-electron chi connectivity index (χ2n) is 8.08. The van der Waals surface area contributed by atoms with Crippen molar-refractivity contribution in [2.45, 2.75) is 6.54 Å². The summed E-state index contributed by atoms with van der Waals surface area (Å²) in [5, 5.41) is 1.05. The Hall–Kier alpha value is -4.06. The van der Waals surface area contributed by atoms with Gasteiger partial charge in [0.15, 0.2) is 11.5 Å². The molecule has 0 radical (unpaired) electrons. The molecule has 0 spiro atoms. The van der Waals surface area contributed by atoms with E-state index >= 15 is 0 Å². The van der Waals surface area contributed by atoms with Crippen molar-refractivity contribution >= 4 is 22.5 Å². The highest BCUT2D eigenvalue weighted by molar-refractivity contribution is 6.08. The van der Waals surface area contributed by atoms with Gasteiger partial charge in [0.2, 0.25) is 5.91 Å². The SMILES string of the molecule is COc1ccc(CN2CC(c3c(-c4ccccc4)n(C)c4ncccc34)=CC2=O)cc1OC. The Bertz CT molecular complexity index is 1370. The molecule has 0 atom stereocenters. The van der Waals surface area contributed by atoms with Crippen LogP contribution in [0.3, 0.4) is 0 Å². The van der Waals surface area contributed by atoms with Gasteiger partial charge in [0, 0.05) is 43.4 Å². The second-order valence-corrected chi connectivity index (χ2v) is 8.08. The molecule has 5 rings (SSSR count). The van der Waals surface area contributed by atoms with E-state index in [0.29, 0.717) is 24.6 Å². The monoisotopic (exact) mass is 439 g/mol.